The lowest BCUT2D eigenvalue weighted by molar-refractivity contribution is -0.122. The fraction of sp³-hybridized carbons (Fsp3) is 0.259. The first-order valence-corrected chi connectivity index (χ1v) is 11.3. The molecule has 1 aliphatic rings. The lowest BCUT2D eigenvalue weighted by Crippen LogP contribution is -2.44. The van der Waals surface area contributed by atoms with Crippen molar-refractivity contribution in [2.75, 3.05) is 0 Å². The minimum atomic E-state index is -0.407. The van der Waals surface area contributed by atoms with Crippen molar-refractivity contribution in [3.8, 4) is 0 Å². The van der Waals surface area contributed by atoms with Crippen molar-refractivity contribution in [1.82, 2.24) is 15.6 Å². The quantitative estimate of drug-likeness (QED) is 0.386. The Hall–Kier alpha value is -3.67. The topological polar surface area (TPSA) is 74.0 Å². The number of carbonyl (C=O) groups is 2. The van der Waals surface area contributed by atoms with E-state index in [0.717, 1.165) is 28.6 Å². The minimum Gasteiger partial charge on any atom is -0.357 e. The highest BCUT2D eigenvalue weighted by Crippen LogP contribution is 2.30. The van der Waals surface area contributed by atoms with Gasteiger partial charge < -0.3 is 15.6 Å². The number of amides is 2. The molecular weight excluding hydrogens is 417 g/mol. The van der Waals surface area contributed by atoms with Gasteiger partial charge in [0.2, 0.25) is 11.8 Å². The van der Waals surface area contributed by atoms with Crippen molar-refractivity contribution in [3.05, 3.63) is 83.8 Å². The molecule has 3 aromatic carbocycles. The van der Waals surface area contributed by atoms with Crippen molar-refractivity contribution in [1.29, 1.82) is 0 Å². The number of nitrogens with one attached hydrogen (secondary N) is 3. The number of aromatic amines is 1. The number of H-pyrrole nitrogens is 1. The molecule has 1 fully saturated rings. The average molecular weight is 444 g/mol. The molecule has 1 aromatic heterocycles. The molecule has 0 spiro atoms. The lowest BCUT2D eigenvalue weighted by Gasteiger charge is -2.29. The maximum Gasteiger partial charge on any atom is 0.220 e. The zero-order valence-electron chi connectivity index (χ0n) is 18.3. The summed E-state index contributed by atoms with van der Waals surface area (Å²) in [5, 5.41) is 9.23. The van der Waals surface area contributed by atoms with Crippen LogP contribution >= 0.6 is 0 Å². The summed E-state index contributed by atoms with van der Waals surface area (Å²) in [6.45, 7) is 0.346. The van der Waals surface area contributed by atoms with Crippen LogP contribution in [0.1, 0.15) is 36.9 Å². The van der Waals surface area contributed by atoms with Crippen LogP contribution in [0.15, 0.2) is 66.7 Å². The third-order valence-electron chi connectivity index (χ3n) is 6.54. The molecule has 2 heterocycles. The zero-order valence-corrected chi connectivity index (χ0v) is 18.3. The fourth-order valence-corrected chi connectivity index (χ4v) is 4.82. The van der Waals surface area contributed by atoms with E-state index in [4.69, 9.17) is 0 Å². The number of halogens is 1. The molecule has 168 valence electrons. The summed E-state index contributed by atoms with van der Waals surface area (Å²) >= 11 is 0. The Morgan fingerprint density at radius 1 is 1.00 bits per heavy atom. The number of aromatic nitrogens is 1. The van der Waals surface area contributed by atoms with Crippen LogP contribution < -0.4 is 10.6 Å². The summed E-state index contributed by atoms with van der Waals surface area (Å²) in [6.07, 6.45) is 2.81. The molecular formula is C27H26FN3O2. The van der Waals surface area contributed by atoms with Gasteiger partial charge in [-0.2, -0.15) is 0 Å². The van der Waals surface area contributed by atoms with Crippen LogP contribution in [0.4, 0.5) is 4.39 Å². The van der Waals surface area contributed by atoms with Gasteiger partial charge in [-0.15, -0.1) is 0 Å². The molecule has 1 saturated heterocycles. The summed E-state index contributed by atoms with van der Waals surface area (Å²) < 4.78 is 13.4. The number of hydrogen-bond donors (Lipinski definition) is 3. The standard InChI is InChI=1S/C27H26FN3O2/c28-22-7-8-24-21(14-22)15-23(30-24)17-29-25(32)9-11-27(12-10-26(33)31-27)16-18-5-6-19-3-1-2-4-20(19)13-18/h1-8,13-15,30H,9-12,16-17H2,(H,29,32)(H,31,33). The van der Waals surface area contributed by atoms with Crippen LogP contribution in [-0.2, 0) is 22.6 Å². The van der Waals surface area contributed by atoms with E-state index in [1.165, 1.54) is 22.9 Å². The average Bonchev–Trinajstić information content (AvgIpc) is 3.39. The van der Waals surface area contributed by atoms with Gasteiger partial charge in [-0.25, -0.2) is 4.39 Å². The molecule has 0 radical (unpaired) electrons. The molecule has 6 heteroatoms. The minimum absolute atomic E-state index is 0.0431. The Balaban J connectivity index is 1.22. The Bertz CT molecular complexity index is 1350. The Morgan fingerprint density at radius 3 is 2.67 bits per heavy atom. The molecule has 1 atom stereocenters. The number of hydrogen-bond acceptors (Lipinski definition) is 2. The summed E-state index contributed by atoms with van der Waals surface area (Å²) in [5.41, 5.74) is 2.41. The van der Waals surface area contributed by atoms with Crippen LogP contribution in [0.25, 0.3) is 21.7 Å². The highest BCUT2D eigenvalue weighted by molar-refractivity contribution is 5.84. The van der Waals surface area contributed by atoms with Gasteiger partial charge in [-0.05, 0) is 59.9 Å². The third-order valence-corrected chi connectivity index (χ3v) is 6.54. The first-order chi connectivity index (χ1) is 16.0. The largest absolute Gasteiger partial charge is 0.357 e. The maximum atomic E-state index is 13.4. The van der Waals surface area contributed by atoms with E-state index in [-0.39, 0.29) is 17.6 Å². The predicted molar refractivity (Wildman–Crippen MR) is 127 cm³/mol. The molecule has 0 saturated carbocycles. The number of rotatable bonds is 7. The van der Waals surface area contributed by atoms with Crippen molar-refractivity contribution in [3.63, 3.8) is 0 Å². The fourth-order valence-electron chi connectivity index (χ4n) is 4.82. The molecule has 5 nitrogen and oxygen atoms in total. The van der Waals surface area contributed by atoms with Gasteiger partial charge in [0.1, 0.15) is 5.82 Å². The SMILES string of the molecule is O=C(CCC1(Cc2ccc3ccccc3c2)CCC(=O)N1)NCc1cc2cc(F)ccc2[nH]1. The van der Waals surface area contributed by atoms with Gasteiger partial charge in [0.15, 0.2) is 0 Å². The first kappa shape index (κ1) is 21.2. The van der Waals surface area contributed by atoms with Crippen molar-refractivity contribution >= 4 is 33.5 Å². The van der Waals surface area contributed by atoms with Crippen molar-refractivity contribution in [2.24, 2.45) is 0 Å². The van der Waals surface area contributed by atoms with Crippen LogP contribution in [0.2, 0.25) is 0 Å². The molecule has 2 amide bonds. The van der Waals surface area contributed by atoms with Crippen molar-refractivity contribution in [2.45, 2.75) is 44.2 Å². The molecule has 4 aromatic rings. The first-order valence-electron chi connectivity index (χ1n) is 11.3. The molecule has 1 unspecified atom stereocenters. The molecule has 3 N–H and O–H groups in total. The summed E-state index contributed by atoms with van der Waals surface area (Å²) in [4.78, 5) is 27.9. The van der Waals surface area contributed by atoms with Gasteiger partial charge >= 0.3 is 0 Å². The third kappa shape index (κ3) is 4.75. The van der Waals surface area contributed by atoms with E-state index >= 15 is 0 Å². The summed E-state index contributed by atoms with van der Waals surface area (Å²) in [6, 6.07) is 21.0. The van der Waals surface area contributed by atoms with E-state index < -0.39 is 5.54 Å². The normalized spacial score (nSPS) is 18.0. The van der Waals surface area contributed by atoms with Gasteiger partial charge in [-0.1, -0.05) is 42.5 Å². The van der Waals surface area contributed by atoms with Crippen LogP contribution in [0.5, 0.6) is 0 Å². The lowest BCUT2D eigenvalue weighted by atomic mass is 9.84. The van der Waals surface area contributed by atoms with Crippen molar-refractivity contribution < 1.29 is 14.0 Å². The monoisotopic (exact) mass is 443 g/mol. The van der Waals surface area contributed by atoms with Crippen LogP contribution in [0, 0.1) is 5.82 Å². The molecule has 5 rings (SSSR count). The number of carbonyl (C=O) groups excluding carboxylic acids is 2. The predicted octanol–water partition coefficient (Wildman–Crippen LogP) is 4.75. The van der Waals surface area contributed by atoms with E-state index in [2.05, 4.69) is 45.9 Å². The number of fused-ring (bicyclic) bond motifs is 2. The number of benzene rings is 3. The summed E-state index contributed by atoms with van der Waals surface area (Å²) in [5.74, 6) is -0.312. The van der Waals surface area contributed by atoms with E-state index in [9.17, 15) is 14.0 Å². The molecule has 0 bridgehead atoms. The summed E-state index contributed by atoms with van der Waals surface area (Å²) in [7, 11) is 0. The molecule has 1 aliphatic heterocycles. The second-order valence-corrected chi connectivity index (χ2v) is 8.99. The van der Waals surface area contributed by atoms with Gasteiger partial charge in [0.25, 0.3) is 0 Å². The second kappa shape index (κ2) is 8.70. The zero-order chi connectivity index (χ0) is 22.8. The van der Waals surface area contributed by atoms with Gasteiger partial charge in [0, 0.05) is 35.0 Å². The van der Waals surface area contributed by atoms with E-state index in [1.54, 1.807) is 6.07 Å². The highest BCUT2D eigenvalue weighted by atomic mass is 19.1. The Labute approximate surface area is 191 Å². The van der Waals surface area contributed by atoms with Gasteiger partial charge in [-0.3, -0.25) is 9.59 Å². The highest BCUT2D eigenvalue weighted by Gasteiger charge is 2.37. The van der Waals surface area contributed by atoms with Gasteiger partial charge in [0.05, 0.1) is 6.54 Å². The van der Waals surface area contributed by atoms with Crippen LogP contribution in [-0.4, -0.2) is 22.3 Å². The Kier molecular flexibility index (Phi) is 5.58. The van der Waals surface area contributed by atoms with Crippen LogP contribution in [0.3, 0.4) is 0 Å². The Morgan fingerprint density at radius 2 is 1.85 bits per heavy atom. The molecule has 0 aliphatic carbocycles. The maximum absolute atomic E-state index is 13.4. The molecule has 33 heavy (non-hydrogen) atoms. The van der Waals surface area contributed by atoms with E-state index in [0.29, 0.717) is 32.2 Å². The smallest absolute Gasteiger partial charge is 0.220 e. The second-order valence-electron chi connectivity index (χ2n) is 8.99. The van der Waals surface area contributed by atoms with E-state index in [1.807, 2.05) is 18.2 Å².